The monoisotopic (exact) mass is 473 g/mol. The molecule has 0 saturated heterocycles. The third kappa shape index (κ3) is 4.55. The molecule has 2 amide bonds. The number of benzene rings is 3. The lowest BCUT2D eigenvalue weighted by Crippen LogP contribution is -2.36. The number of pyridine rings is 1. The van der Waals surface area contributed by atoms with E-state index in [2.05, 4.69) is 10.3 Å². The van der Waals surface area contributed by atoms with Crippen LogP contribution in [0.4, 0.5) is 14.9 Å². The standard InChI is InChI=1S/C27H24FN3O4/c1-16-7-8-17(2)25-20(16)12-19(26(32)30-25)14-31(27(33)29-22-6-4-3-5-21(22)28)13-18-9-10-23-24(11-18)35-15-34-23/h3-12H,13-15H2,1-2H3,(H,29,33)(H,30,32). The SMILES string of the molecule is Cc1ccc(C)c2[nH]c(=O)c(CN(Cc3ccc4c(c3)OCO4)C(=O)Nc3ccccc3F)cc12. The second kappa shape index (κ2) is 9.13. The van der Waals surface area contributed by atoms with Gasteiger partial charge in [-0.15, -0.1) is 0 Å². The first-order valence-corrected chi connectivity index (χ1v) is 11.2. The number of nitrogens with zero attached hydrogens (tertiary/aromatic N) is 1. The van der Waals surface area contributed by atoms with Crippen molar-refractivity contribution in [2.45, 2.75) is 26.9 Å². The van der Waals surface area contributed by atoms with Crippen LogP contribution >= 0.6 is 0 Å². The Balaban J connectivity index is 1.50. The van der Waals surface area contributed by atoms with Gasteiger partial charge >= 0.3 is 6.03 Å². The van der Waals surface area contributed by atoms with E-state index in [1.807, 2.05) is 38.1 Å². The molecule has 1 aliphatic rings. The lowest BCUT2D eigenvalue weighted by molar-refractivity contribution is 0.174. The molecule has 178 valence electrons. The van der Waals surface area contributed by atoms with Crippen molar-refractivity contribution in [3.63, 3.8) is 0 Å². The lowest BCUT2D eigenvalue weighted by Gasteiger charge is -2.24. The van der Waals surface area contributed by atoms with E-state index in [1.54, 1.807) is 24.3 Å². The van der Waals surface area contributed by atoms with Gasteiger partial charge in [0.2, 0.25) is 6.79 Å². The predicted molar refractivity (Wildman–Crippen MR) is 131 cm³/mol. The molecular weight excluding hydrogens is 449 g/mol. The van der Waals surface area contributed by atoms with E-state index in [0.29, 0.717) is 17.1 Å². The van der Waals surface area contributed by atoms with Crippen molar-refractivity contribution in [1.29, 1.82) is 0 Å². The first-order valence-electron chi connectivity index (χ1n) is 11.2. The Morgan fingerprint density at radius 3 is 2.60 bits per heavy atom. The van der Waals surface area contributed by atoms with Gasteiger partial charge in [-0.2, -0.15) is 0 Å². The van der Waals surface area contributed by atoms with Crippen LogP contribution in [0.25, 0.3) is 10.9 Å². The fourth-order valence-corrected chi connectivity index (χ4v) is 4.16. The number of amides is 2. The van der Waals surface area contributed by atoms with Crippen LogP contribution in [-0.4, -0.2) is 22.7 Å². The summed E-state index contributed by atoms with van der Waals surface area (Å²) in [5, 5.41) is 3.54. The van der Waals surface area contributed by atoms with Gasteiger partial charge in [-0.05, 0) is 60.9 Å². The Morgan fingerprint density at radius 1 is 1.00 bits per heavy atom. The van der Waals surface area contributed by atoms with E-state index in [1.165, 1.54) is 17.0 Å². The molecule has 35 heavy (non-hydrogen) atoms. The number of halogens is 1. The van der Waals surface area contributed by atoms with E-state index in [4.69, 9.17) is 9.47 Å². The Labute approximate surface area is 201 Å². The molecule has 8 heteroatoms. The fraction of sp³-hybridized carbons (Fsp3) is 0.185. The van der Waals surface area contributed by atoms with Crippen LogP contribution in [0, 0.1) is 19.7 Å². The van der Waals surface area contributed by atoms with Crippen molar-refractivity contribution in [2.24, 2.45) is 0 Å². The highest BCUT2D eigenvalue weighted by Crippen LogP contribution is 2.33. The van der Waals surface area contributed by atoms with Crippen molar-refractivity contribution in [3.8, 4) is 11.5 Å². The number of urea groups is 1. The minimum Gasteiger partial charge on any atom is -0.454 e. The summed E-state index contributed by atoms with van der Waals surface area (Å²) >= 11 is 0. The summed E-state index contributed by atoms with van der Waals surface area (Å²) in [5.74, 6) is 0.679. The zero-order valence-corrected chi connectivity index (χ0v) is 19.4. The molecule has 0 spiro atoms. The molecule has 4 aromatic rings. The number of hydrogen-bond acceptors (Lipinski definition) is 4. The van der Waals surface area contributed by atoms with Gasteiger partial charge in [0.05, 0.1) is 17.7 Å². The van der Waals surface area contributed by atoms with Crippen LogP contribution in [0.2, 0.25) is 0 Å². The predicted octanol–water partition coefficient (Wildman–Crippen LogP) is 5.25. The van der Waals surface area contributed by atoms with Gasteiger partial charge in [0, 0.05) is 17.5 Å². The van der Waals surface area contributed by atoms with Crippen LogP contribution in [0.15, 0.2) is 65.5 Å². The number of carbonyl (C=O) groups is 1. The molecular formula is C27H24FN3O4. The number of aromatic amines is 1. The number of para-hydroxylation sites is 1. The topological polar surface area (TPSA) is 83.7 Å². The Bertz CT molecular complexity index is 1500. The highest BCUT2D eigenvalue weighted by atomic mass is 19.1. The van der Waals surface area contributed by atoms with E-state index in [0.717, 1.165) is 27.6 Å². The third-order valence-corrected chi connectivity index (χ3v) is 6.09. The number of aromatic nitrogens is 1. The summed E-state index contributed by atoms with van der Waals surface area (Å²) in [6.45, 7) is 4.24. The number of nitrogens with one attached hydrogen (secondary N) is 2. The van der Waals surface area contributed by atoms with Gasteiger partial charge in [0.15, 0.2) is 11.5 Å². The van der Waals surface area contributed by atoms with Crippen molar-refractivity contribution < 1.29 is 18.7 Å². The van der Waals surface area contributed by atoms with E-state index < -0.39 is 11.8 Å². The number of ether oxygens (including phenoxy) is 2. The van der Waals surface area contributed by atoms with Gasteiger partial charge in [0.25, 0.3) is 5.56 Å². The fourth-order valence-electron chi connectivity index (χ4n) is 4.16. The first-order chi connectivity index (χ1) is 16.9. The summed E-state index contributed by atoms with van der Waals surface area (Å²) < 4.78 is 25.0. The van der Waals surface area contributed by atoms with Crippen LogP contribution in [0.5, 0.6) is 11.5 Å². The molecule has 0 unspecified atom stereocenters. The molecule has 0 fully saturated rings. The molecule has 5 rings (SSSR count). The molecule has 0 atom stereocenters. The summed E-state index contributed by atoms with van der Waals surface area (Å²) in [5.41, 5.74) is 3.74. The van der Waals surface area contributed by atoms with Crippen molar-refractivity contribution >= 4 is 22.6 Å². The van der Waals surface area contributed by atoms with Gasteiger partial charge in [-0.1, -0.05) is 30.3 Å². The Morgan fingerprint density at radius 2 is 1.77 bits per heavy atom. The quantitative estimate of drug-likeness (QED) is 0.415. The van der Waals surface area contributed by atoms with Crippen molar-refractivity contribution in [2.75, 3.05) is 12.1 Å². The number of fused-ring (bicyclic) bond motifs is 2. The molecule has 0 bridgehead atoms. The maximum Gasteiger partial charge on any atom is 0.322 e. The smallest absolute Gasteiger partial charge is 0.322 e. The summed E-state index contributed by atoms with van der Waals surface area (Å²) in [7, 11) is 0. The number of anilines is 1. The normalized spacial score (nSPS) is 12.1. The highest BCUT2D eigenvalue weighted by Gasteiger charge is 2.21. The number of aryl methyl sites for hydroxylation is 2. The van der Waals surface area contributed by atoms with E-state index in [-0.39, 0.29) is 31.1 Å². The summed E-state index contributed by atoms with van der Waals surface area (Å²) in [4.78, 5) is 30.7. The van der Waals surface area contributed by atoms with Crippen molar-refractivity contribution in [1.82, 2.24) is 9.88 Å². The highest BCUT2D eigenvalue weighted by molar-refractivity contribution is 5.90. The molecule has 0 aliphatic carbocycles. The zero-order chi connectivity index (χ0) is 24.5. The third-order valence-electron chi connectivity index (χ3n) is 6.09. The second-order valence-corrected chi connectivity index (χ2v) is 8.57. The Kier molecular flexibility index (Phi) is 5.86. The molecule has 0 radical (unpaired) electrons. The molecule has 0 saturated carbocycles. The number of H-pyrrole nitrogens is 1. The molecule has 2 heterocycles. The maximum atomic E-state index is 14.2. The van der Waals surface area contributed by atoms with Gasteiger partial charge < -0.3 is 24.7 Å². The number of rotatable bonds is 5. The first kappa shape index (κ1) is 22.5. The van der Waals surface area contributed by atoms with Gasteiger partial charge in [-0.25, -0.2) is 9.18 Å². The van der Waals surface area contributed by atoms with Crippen LogP contribution in [0.1, 0.15) is 22.3 Å². The van der Waals surface area contributed by atoms with Crippen LogP contribution in [0.3, 0.4) is 0 Å². The van der Waals surface area contributed by atoms with Gasteiger partial charge in [-0.3, -0.25) is 4.79 Å². The van der Waals surface area contributed by atoms with Crippen LogP contribution < -0.4 is 20.3 Å². The average Bonchev–Trinajstić information content (AvgIpc) is 3.31. The molecule has 2 N–H and O–H groups in total. The number of carbonyl (C=O) groups excluding carboxylic acids is 1. The summed E-state index contributed by atoms with van der Waals surface area (Å²) in [6, 6.07) is 16.6. The maximum absolute atomic E-state index is 14.2. The van der Waals surface area contributed by atoms with Crippen LogP contribution in [-0.2, 0) is 13.1 Å². The zero-order valence-electron chi connectivity index (χ0n) is 19.4. The molecule has 3 aromatic carbocycles. The minimum absolute atomic E-state index is 0.0212. The molecule has 1 aliphatic heterocycles. The minimum atomic E-state index is -0.543. The lowest BCUT2D eigenvalue weighted by atomic mass is 10.0. The molecule has 1 aromatic heterocycles. The largest absolute Gasteiger partial charge is 0.454 e. The van der Waals surface area contributed by atoms with Gasteiger partial charge in [0.1, 0.15) is 5.82 Å². The number of hydrogen-bond donors (Lipinski definition) is 2. The van der Waals surface area contributed by atoms with E-state index >= 15 is 0 Å². The summed E-state index contributed by atoms with van der Waals surface area (Å²) in [6.07, 6.45) is 0. The Hall–Kier alpha value is -4.33. The second-order valence-electron chi connectivity index (χ2n) is 8.57. The molecule has 7 nitrogen and oxygen atoms in total. The average molecular weight is 474 g/mol. The van der Waals surface area contributed by atoms with E-state index in [9.17, 15) is 14.0 Å². The van der Waals surface area contributed by atoms with Crippen molar-refractivity contribution in [3.05, 3.63) is 99.1 Å².